The van der Waals surface area contributed by atoms with Crippen molar-refractivity contribution >= 4 is 17.6 Å². The number of nitrogens with zero attached hydrogens (tertiary/aromatic N) is 2. The van der Waals surface area contributed by atoms with Crippen LogP contribution in [0.1, 0.15) is 24.8 Å². The van der Waals surface area contributed by atoms with Crippen LogP contribution in [0, 0.1) is 0 Å². The van der Waals surface area contributed by atoms with E-state index in [0.717, 1.165) is 17.7 Å². The maximum atomic E-state index is 12.2. The summed E-state index contributed by atoms with van der Waals surface area (Å²) >= 11 is 0. The SMILES string of the molecule is CN(C)c1cccc(CCC(=O)N2CCC[C@H]2C(=O)O)c1. The van der Waals surface area contributed by atoms with Gasteiger partial charge in [0, 0.05) is 32.7 Å². The molecular weight excluding hydrogens is 268 g/mol. The molecule has 0 spiro atoms. The first-order chi connectivity index (χ1) is 9.99. The number of carbonyl (C=O) groups excluding carboxylic acids is 1. The summed E-state index contributed by atoms with van der Waals surface area (Å²) < 4.78 is 0. The molecule has 5 heteroatoms. The number of rotatable bonds is 5. The zero-order valence-corrected chi connectivity index (χ0v) is 12.6. The summed E-state index contributed by atoms with van der Waals surface area (Å²) in [5.41, 5.74) is 2.20. The van der Waals surface area contributed by atoms with E-state index in [4.69, 9.17) is 5.11 Å². The van der Waals surface area contributed by atoms with E-state index >= 15 is 0 Å². The van der Waals surface area contributed by atoms with Gasteiger partial charge in [0.1, 0.15) is 6.04 Å². The molecule has 0 saturated carbocycles. The van der Waals surface area contributed by atoms with Gasteiger partial charge in [0.2, 0.25) is 5.91 Å². The fourth-order valence-electron chi connectivity index (χ4n) is 2.71. The Hall–Kier alpha value is -2.04. The lowest BCUT2D eigenvalue weighted by Crippen LogP contribution is -2.40. The first-order valence-electron chi connectivity index (χ1n) is 7.27. The van der Waals surface area contributed by atoms with Crippen LogP contribution in [-0.2, 0) is 16.0 Å². The van der Waals surface area contributed by atoms with Gasteiger partial charge in [-0.1, -0.05) is 12.1 Å². The monoisotopic (exact) mass is 290 g/mol. The minimum atomic E-state index is -0.893. The molecule has 1 saturated heterocycles. The van der Waals surface area contributed by atoms with Crippen molar-refractivity contribution < 1.29 is 14.7 Å². The van der Waals surface area contributed by atoms with Crippen molar-refractivity contribution in [1.82, 2.24) is 4.90 Å². The molecule has 1 aromatic carbocycles. The van der Waals surface area contributed by atoms with Gasteiger partial charge in [-0.2, -0.15) is 0 Å². The Balaban J connectivity index is 1.95. The molecule has 1 aromatic rings. The Labute approximate surface area is 125 Å². The van der Waals surface area contributed by atoms with Crippen molar-refractivity contribution in [2.24, 2.45) is 0 Å². The van der Waals surface area contributed by atoms with Gasteiger partial charge in [-0.3, -0.25) is 4.79 Å². The van der Waals surface area contributed by atoms with Crippen LogP contribution in [0.4, 0.5) is 5.69 Å². The van der Waals surface area contributed by atoms with E-state index in [2.05, 4.69) is 6.07 Å². The summed E-state index contributed by atoms with van der Waals surface area (Å²) in [6.07, 6.45) is 2.35. The third kappa shape index (κ3) is 3.74. The van der Waals surface area contributed by atoms with Crippen LogP contribution in [0.15, 0.2) is 24.3 Å². The summed E-state index contributed by atoms with van der Waals surface area (Å²) in [7, 11) is 3.96. The lowest BCUT2D eigenvalue weighted by Gasteiger charge is -2.21. The topological polar surface area (TPSA) is 60.9 Å². The summed E-state index contributed by atoms with van der Waals surface area (Å²) in [6, 6.07) is 7.42. The highest BCUT2D eigenvalue weighted by Gasteiger charge is 2.33. The fraction of sp³-hybridized carbons (Fsp3) is 0.500. The number of benzene rings is 1. The number of amides is 1. The van der Waals surface area contributed by atoms with E-state index in [9.17, 15) is 9.59 Å². The zero-order chi connectivity index (χ0) is 15.4. The van der Waals surface area contributed by atoms with Gasteiger partial charge in [-0.25, -0.2) is 4.79 Å². The van der Waals surface area contributed by atoms with Crippen LogP contribution >= 0.6 is 0 Å². The number of hydrogen-bond acceptors (Lipinski definition) is 3. The maximum Gasteiger partial charge on any atom is 0.326 e. The summed E-state index contributed by atoms with van der Waals surface area (Å²) in [5, 5.41) is 9.12. The minimum absolute atomic E-state index is 0.0600. The van der Waals surface area contributed by atoms with Crippen LogP contribution in [0.3, 0.4) is 0 Å². The van der Waals surface area contributed by atoms with E-state index in [1.807, 2.05) is 37.2 Å². The van der Waals surface area contributed by atoms with E-state index < -0.39 is 12.0 Å². The lowest BCUT2D eigenvalue weighted by atomic mass is 10.1. The van der Waals surface area contributed by atoms with Gasteiger partial charge < -0.3 is 14.9 Å². The van der Waals surface area contributed by atoms with Gasteiger partial charge in [-0.05, 0) is 37.0 Å². The standard InChI is InChI=1S/C16H22N2O3/c1-17(2)13-6-3-5-12(11-13)8-9-15(19)18-10-4-7-14(18)16(20)21/h3,5-6,11,14H,4,7-10H2,1-2H3,(H,20,21)/t14-/m0/s1. The molecule has 2 rings (SSSR count). The van der Waals surface area contributed by atoms with E-state index in [1.165, 1.54) is 4.90 Å². The van der Waals surface area contributed by atoms with Gasteiger partial charge in [-0.15, -0.1) is 0 Å². The average Bonchev–Trinajstić information content (AvgIpc) is 2.94. The number of carboxylic acids is 1. The highest BCUT2D eigenvalue weighted by Crippen LogP contribution is 2.20. The summed E-state index contributed by atoms with van der Waals surface area (Å²) in [5.74, 6) is -0.953. The number of carbonyl (C=O) groups is 2. The number of anilines is 1. The molecule has 0 unspecified atom stereocenters. The number of carboxylic acid groups (broad SMARTS) is 1. The zero-order valence-electron chi connectivity index (χ0n) is 12.6. The molecule has 0 radical (unpaired) electrons. The van der Waals surface area contributed by atoms with Crippen LogP contribution < -0.4 is 4.90 Å². The Morgan fingerprint density at radius 1 is 1.38 bits per heavy atom. The smallest absolute Gasteiger partial charge is 0.326 e. The van der Waals surface area contributed by atoms with Crippen LogP contribution in [0.2, 0.25) is 0 Å². The van der Waals surface area contributed by atoms with Gasteiger partial charge >= 0.3 is 5.97 Å². The predicted octanol–water partition coefficient (Wildman–Crippen LogP) is 1.76. The number of hydrogen-bond donors (Lipinski definition) is 1. The number of aryl methyl sites for hydroxylation is 1. The van der Waals surface area contributed by atoms with Crippen molar-refractivity contribution in [2.45, 2.75) is 31.7 Å². The molecule has 1 aliphatic heterocycles. The van der Waals surface area contributed by atoms with E-state index in [1.54, 1.807) is 0 Å². The molecule has 114 valence electrons. The number of likely N-dealkylation sites (tertiary alicyclic amines) is 1. The van der Waals surface area contributed by atoms with Crippen molar-refractivity contribution in [3.05, 3.63) is 29.8 Å². The van der Waals surface area contributed by atoms with Crippen LogP contribution in [0.25, 0.3) is 0 Å². The largest absolute Gasteiger partial charge is 0.480 e. The molecule has 1 aliphatic rings. The quantitative estimate of drug-likeness (QED) is 0.897. The van der Waals surface area contributed by atoms with E-state index in [0.29, 0.717) is 25.8 Å². The Morgan fingerprint density at radius 2 is 2.14 bits per heavy atom. The van der Waals surface area contributed by atoms with Crippen LogP contribution in [-0.4, -0.2) is 48.6 Å². The van der Waals surface area contributed by atoms with Gasteiger partial charge in [0.05, 0.1) is 0 Å². The second-order valence-corrected chi connectivity index (χ2v) is 5.65. The highest BCUT2D eigenvalue weighted by molar-refractivity contribution is 5.84. The van der Waals surface area contributed by atoms with Crippen LogP contribution in [0.5, 0.6) is 0 Å². The third-order valence-electron chi connectivity index (χ3n) is 3.91. The molecule has 0 aromatic heterocycles. The summed E-state index contributed by atoms with van der Waals surface area (Å²) in [6.45, 7) is 0.563. The highest BCUT2D eigenvalue weighted by atomic mass is 16.4. The first-order valence-corrected chi connectivity index (χ1v) is 7.27. The average molecular weight is 290 g/mol. The van der Waals surface area contributed by atoms with Crippen molar-refractivity contribution in [2.75, 3.05) is 25.5 Å². The van der Waals surface area contributed by atoms with Crippen molar-refractivity contribution in [3.8, 4) is 0 Å². The Kier molecular flexibility index (Phi) is 4.83. The molecule has 0 aliphatic carbocycles. The normalized spacial score (nSPS) is 17.8. The van der Waals surface area contributed by atoms with Crippen molar-refractivity contribution in [1.29, 1.82) is 0 Å². The van der Waals surface area contributed by atoms with Crippen molar-refractivity contribution in [3.63, 3.8) is 0 Å². The minimum Gasteiger partial charge on any atom is -0.480 e. The second kappa shape index (κ2) is 6.61. The molecule has 1 fully saturated rings. The molecule has 1 atom stereocenters. The molecular formula is C16H22N2O3. The second-order valence-electron chi connectivity index (χ2n) is 5.65. The number of aliphatic carboxylic acids is 1. The van der Waals surface area contributed by atoms with E-state index in [-0.39, 0.29) is 5.91 Å². The summed E-state index contributed by atoms with van der Waals surface area (Å²) in [4.78, 5) is 26.8. The fourth-order valence-corrected chi connectivity index (χ4v) is 2.71. The van der Waals surface area contributed by atoms with Gasteiger partial charge in [0.15, 0.2) is 0 Å². The molecule has 21 heavy (non-hydrogen) atoms. The van der Waals surface area contributed by atoms with Gasteiger partial charge in [0.25, 0.3) is 0 Å². The maximum absolute atomic E-state index is 12.2. The molecule has 0 bridgehead atoms. The first kappa shape index (κ1) is 15.4. The molecule has 1 N–H and O–H groups in total. The Bertz CT molecular complexity index is 528. The predicted molar refractivity (Wildman–Crippen MR) is 81.5 cm³/mol. The lowest BCUT2D eigenvalue weighted by molar-refractivity contribution is -0.148. The molecule has 5 nitrogen and oxygen atoms in total. The molecule has 1 amide bonds. The molecule has 1 heterocycles. The Morgan fingerprint density at radius 3 is 2.81 bits per heavy atom. The third-order valence-corrected chi connectivity index (χ3v) is 3.91.